The van der Waals surface area contributed by atoms with E-state index in [1.807, 2.05) is 31.2 Å². The molecule has 3 rings (SSSR count). The van der Waals surface area contributed by atoms with Crippen molar-refractivity contribution in [3.8, 4) is 11.5 Å². The number of halogens is 1. The number of ether oxygens (including phenoxy) is 2. The Labute approximate surface area is 163 Å². The number of rotatable bonds is 6. The lowest BCUT2D eigenvalue weighted by Gasteiger charge is -2.23. The van der Waals surface area contributed by atoms with Gasteiger partial charge in [-0.3, -0.25) is 9.59 Å². The summed E-state index contributed by atoms with van der Waals surface area (Å²) in [7, 11) is 0. The molecule has 1 heterocycles. The van der Waals surface area contributed by atoms with Crippen molar-refractivity contribution in [2.24, 2.45) is 0 Å². The van der Waals surface area contributed by atoms with Gasteiger partial charge in [-0.2, -0.15) is 0 Å². The number of anilines is 1. The van der Waals surface area contributed by atoms with Crippen LogP contribution >= 0.6 is 11.6 Å². The van der Waals surface area contributed by atoms with Gasteiger partial charge in [0.1, 0.15) is 0 Å². The van der Waals surface area contributed by atoms with Gasteiger partial charge in [-0.15, -0.1) is 0 Å². The Kier molecular flexibility index (Phi) is 5.86. The summed E-state index contributed by atoms with van der Waals surface area (Å²) in [5.41, 5.74) is 2.45. The van der Waals surface area contributed by atoms with Crippen molar-refractivity contribution in [1.29, 1.82) is 0 Å². The van der Waals surface area contributed by atoms with Gasteiger partial charge in [0.05, 0.1) is 0 Å². The lowest BCUT2D eigenvalue weighted by atomic mass is 10.1. The highest BCUT2D eigenvalue weighted by atomic mass is 35.5. The van der Waals surface area contributed by atoms with Crippen molar-refractivity contribution in [2.45, 2.75) is 26.8 Å². The van der Waals surface area contributed by atoms with E-state index in [2.05, 4.69) is 5.32 Å². The molecular formula is C20H21ClN2O4. The number of nitrogens with zero attached hydrogens (tertiary/aromatic N) is 1. The van der Waals surface area contributed by atoms with Crippen LogP contribution in [-0.2, 0) is 16.1 Å². The molecule has 1 aliphatic heterocycles. The van der Waals surface area contributed by atoms with Gasteiger partial charge in [-0.05, 0) is 42.3 Å². The van der Waals surface area contributed by atoms with Crippen molar-refractivity contribution in [2.75, 3.05) is 18.2 Å². The topological polar surface area (TPSA) is 67.9 Å². The van der Waals surface area contributed by atoms with E-state index < -0.39 is 0 Å². The molecule has 0 saturated carbocycles. The minimum absolute atomic E-state index is 0.135. The highest BCUT2D eigenvalue weighted by Gasteiger charge is 2.17. The van der Waals surface area contributed by atoms with E-state index in [9.17, 15) is 9.59 Å². The first-order chi connectivity index (χ1) is 13.0. The molecule has 2 aromatic carbocycles. The highest BCUT2D eigenvalue weighted by Crippen LogP contribution is 2.32. The van der Waals surface area contributed by atoms with Crippen molar-refractivity contribution >= 4 is 29.1 Å². The number of fused-ring (bicyclic) bond motifs is 1. The zero-order valence-corrected chi connectivity index (χ0v) is 16.0. The van der Waals surface area contributed by atoms with Gasteiger partial charge < -0.3 is 19.7 Å². The monoisotopic (exact) mass is 388 g/mol. The van der Waals surface area contributed by atoms with Crippen LogP contribution in [0.5, 0.6) is 11.5 Å². The number of benzene rings is 2. The van der Waals surface area contributed by atoms with E-state index in [1.165, 1.54) is 6.92 Å². The van der Waals surface area contributed by atoms with Gasteiger partial charge in [0.2, 0.25) is 18.6 Å². The summed E-state index contributed by atoms with van der Waals surface area (Å²) < 4.78 is 10.6. The maximum Gasteiger partial charge on any atom is 0.231 e. The third kappa shape index (κ3) is 4.52. The van der Waals surface area contributed by atoms with Crippen LogP contribution in [0.1, 0.15) is 24.5 Å². The second-order valence-electron chi connectivity index (χ2n) is 6.27. The van der Waals surface area contributed by atoms with Crippen LogP contribution in [0.25, 0.3) is 0 Å². The standard InChI is InChI=1S/C20H21ClN2O4/c1-13-16(21)4-3-5-17(13)23(14(2)24)9-8-20(25)22-11-15-6-7-18-19(10-15)27-12-26-18/h3-7,10H,8-9,11-12H2,1-2H3,(H,22,25). The predicted octanol–water partition coefficient (Wildman–Crippen LogP) is 3.44. The number of carbonyl (C=O) groups excluding carboxylic acids is 2. The van der Waals surface area contributed by atoms with E-state index >= 15 is 0 Å². The van der Waals surface area contributed by atoms with Crippen molar-refractivity contribution in [1.82, 2.24) is 5.32 Å². The third-order valence-corrected chi connectivity index (χ3v) is 4.81. The van der Waals surface area contributed by atoms with E-state index in [0.29, 0.717) is 23.1 Å². The maximum absolute atomic E-state index is 12.2. The quantitative estimate of drug-likeness (QED) is 0.823. The number of nitrogens with one attached hydrogen (secondary N) is 1. The SMILES string of the molecule is CC(=O)N(CCC(=O)NCc1ccc2c(c1)OCO2)c1cccc(Cl)c1C. The van der Waals surface area contributed by atoms with Crippen LogP contribution in [-0.4, -0.2) is 25.2 Å². The van der Waals surface area contributed by atoms with E-state index in [0.717, 1.165) is 16.8 Å². The summed E-state index contributed by atoms with van der Waals surface area (Å²) >= 11 is 6.15. The molecule has 1 aliphatic rings. The van der Waals surface area contributed by atoms with Crippen LogP contribution in [0.3, 0.4) is 0 Å². The van der Waals surface area contributed by atoms with Crippen molar-refractivity contribution in [3.63, 3.8) is 0 Å². The maximum atomic E-state index is 12.2. The zero-order valence-electron chi connectivity index (χ0n) is 15.3. The van der Waals surface area contributed by atoms with E-state index in [-0.39, 0.29) is 31.6 Å². The number of carbonyl (C=O) groups is 2. The fourth-order valence-electron chi connectivity index (χ4n) is 2.89. The molecule has 0 atom stereocenters. The molecule has 2 amide bonds. The summed E-state index contributed by atoms with van der Waals surface area (Å²) in [6.07, 6.45) is 0.191. The Morgan fingerprint density at radius 2 is 1.96 bits per heavy atom. The molecule has 27 heavy (non-hydrogen) atoms. The largest absolute Gasteiger partial charge is 0.454 e. The summed E-state index contributed by atoms with van der Waals surface area (Å²) in [4.78, 5) is 25.8. The summed E-state index contributed by atoms with van der Waals surface area (Å²) in [6, 6.07) is 10.9. The Bertz CT molecular complexity index is 869. The molecule has 6 nitrogen and oxygen atoms in total. The molecule has 0 bridgehead atoms. The Morgan fingerprint density at radius 1 is 1.19 bits per heavy atom. The van der Waals surface area contributed by atoms with Crippen molar-refractivity contribution in [3.05, 3.63) is 52.5 Å². The van der Waals surface area contributed by atoms with E-state index in [4.69, 9.17) is 21.1 Å². The second-order valence-corrected chi connectivity index (χ2v) is 6.68. The van der Waals surface area contributed by atoms with Gasteiger partial charge in [0, 0.05) is 37.1 Å². The molecule has 0 spiro atoms. The fourth-order valence-corrected chi connectivity index (χ4v) is 3.06. The normalized spacial score (nSPS) is 12.0. The van der Waals surface area contributed by atoms with Crippen LogP contribution in [0.15, 0.2) is 36.4 Å². The minimum atomic E-state index is -0.140. The summed E-state index contributed by atoms with van der Waals surface area (Å²) in [6.45, 7) is 4.21. The average Bonchev–Trinajstić information content (AvgIpc) is 3.11. The van der Waals surface area contributed by atoms with Gasteiger partial charge in [0.15, 0.2) is 11.5 Å². The molecular weight excluding hydrogens is 368 g/mol. The first kappa shape index (κ1) is 19.0. The van der Waals surface area contributed by atoms with Crippen LogP contribution in [0.2, 0.25) is 5.02 Å². The Hall–Kier alpha value is -2.73. The smallest absolute Gasteiger partial charge is 0.231 e. The Balaban J connectivity index is 1.57. The molecule has 0 unspecified atom stereocenters. The molecule has 0 aromatic heterocycles. The van der Waals surface area contributed by atoms with Gasteiger partial charge in [-0.25, -0.2) is 0 Å². The molecule has 0 fully saturated rings. The first-order valence-corrected chi connectivity index (χ1v) is 9.02. The van der Waals surface area contributed by atoms with Crippen LogP contribution in [0.4, 0.5) is 5.69 Å². The molecule has 0 aliphatic carbocycles. The second kappa shape index (κ2) is 8.31. The Morgan fingerprint density at radius 3 is 2.74 bits per heavy atom. The summed E-state index contributed by atoms with van der Waals surface area (Å²) in [5.74, 6) is 1.11. The number of hydrogen-bond acceptors (Lipinski definition) is 4. The van der Waals surface area contributed by atoms with Gasteiger partial charge in [-0.1, -0.05) is 23.7 Å². The average molecular weight is 389 g/mol. The van der Waals surface area contributed by atoms with E-state index in [1.54, 1.807) is 17.0 Å². The van der Waals surface area contributed by atoms with Crippen molar-refractivity contribution < 1.29 is 19.1 Å². The fraction of sp³-hybridized carbons (Fsp3) is 0.300. The lowest BCUT2D eigenvalue weighted by Crippen LogP contribution is -2.34. The highest BCUT2D eigenvalue weighted by molar-refractivity contribution is 6.31. The molecule has 142 valence electrons. The number of amides is 2. The third-order valence-electron chi connectivity index (χ3n) is 4.40. The van der Waals surface area contributed by atoms with Crippen LogP contribution < -0.4 is 19.7 Å². The molecule has 0 saturated heterocycles. The molecule has 1 N–H and O–H groups in total. The van der Waals surface area contributed by atoms with Gasteiger partial charge >= 0.3 is 0 Å². The first-order valence-electron chi connectivity index (χ1n) is 8.64. The molecule has 0 radical (unpaired) electrons. The minimum Gasteiger partial charge on any atom is -0.454 e. The lowest BCUT2D eigenvalue weighted by molar-refractivity contribution is -0.121. The van der Waals surface area contributed by atoms with Crippen LogP contribution in [0, 0.1) is 6.92 Å². The number of hydrogen-bond donors (Lipinski definition) is 1. The zero-order chi connectivity index (χ0) is 19.4. The summed E-state index contributed by atoms with van der Waals surface area (Å²) in [5, 5.41) is 3.45. The molecule has 2 aromatic rings. The predicted molar refractivity (Wildman–Crippen MR) is 103 cm³/mol. The van der Waals surface area contributed by atoms with Gasteiger partial charge in [0.25, 0.3) is 0 Å². The molecule has 7 heteroatoms.